The predicted molar refractivity (Wildman–Crippen MR) is 404 cm³/mol. The highest BCUT2D eigenvalue weighted by molar-refractivity contribution is 7.89. The number of nitrogens with one attached hydrogen (secondary N) is 8. The van der Waals surface area contributed by atoms with Crippen molar-refractivity contribution in [2.45, 2.75) is 141 Å². The molecule has 2 aliphatic rings. The fourth-order valence-corrected chi connectivity index (χ4v) is 13.7. The lowest BCUT2D eigenvalue weighted by atomic mass is 9.90. The minimum atomic E-state index is -4.34. The number of hydrogen-bond acceptors (Lipinski definition) is 26. The summed E-state index contributed by atoms with van der Waals surface area (Å²) >= 11 is 0. The number of fused-ring (bicyclic) bond motifs is 1. The molecule has 0 radical (unpaired) electrons. The highest BCUT2D eigenvalue weighted by atomic mass is 32.2. The van der Waals surface area contributed by atoms with E-state index < -0.39 is 107 Å². The van der Waals surface area contributed by atoms with Crippen molar-refractivity contribution in [2.24, 2.45) is 5.92 Å². The Morgan fingerprint density at radius 2 is 1.23 bits per heavy atom. The lowest BCUT2D eigenvalue weighted by Gasteiger charge is -2.41. The van der Waals surface area contributed by atoms with Crippen molar-refractivity contribution in [3.8, 4) is 5.75 Å². The third-order valence-electron chi connectivity index (χ3n) is 18.1. The summed E-state index contributed by atoms with van der Waals surface area (Å²) in [6, 6.07) is 5.39. The second-order valence-electron chi connectivity index (χ2n) is 26.9. The van der Waals surface area contributed by atoms with E-state index in [2.05, 4.69) is 58.6 Å². The van der Waals surface area contributed by atoms with E-state index >= 15 is 0 Å². The lowest BCUT2D eigenvalue weighted by molar-refractivity contribution is -0.282. The number of benzene rings is 2. The van der Waals surface area contributed by atoms with E-state index in [1.165, 1.54) is 7.05 Å². The number of carboxylic acid groups (broad SMARTS) is 4. The van der Waals surface area contributed by atoms with Gasteiger partial charge in [0.25, 0.3) is 5.91 Å². The molecule has 4 heterocycles. The number of imidazole rings is 1. The molecule has 4 aromatic rings. The predicted octanol–water partition coefficient (Wildman–Crippen LogP) is -0.346. The number of aromatic amines is 1. The highest BCUT2D eigenvalue weighted by Gasteiger charge is 2.42. The Balaban J connectivity index is 0.000000401. The number of unbranched alkanes of at least 4 members (excludes halogenated alkanes) is 1. The number of sulfonamides is 1. The summed E-state index contributed by atoms with van der Waals surface area (Å²) in [4.78, 5) is 124. The molecule has 38 nitrogen and oxygen atoms in total. The molecule has 0 saturated carbocycles. The Bertz CT molecular complexity index is 3590. The maximum atomic E-state index is 13.5. The zero-order chi connectivity index (χ0) is 81.3. The first-order valence-corrected chi connectivity index (χ1v) is 39.0. The van der Waals surface area contributed by atoms with Gasteiger partial charge in [-0.1, -0.05) is 27.2 Å². The van der Waals surface area contributed by atoms with Crippen LogP contribution in [0.4, 0.5) is 5.95 Å². The van der Waals surface area contributed by atoms with Crippen molar-refractivity contribution < 1.29 is 111 Å². The second kappa shape index (κ2) is 50.4. The van der Waals surface area contributed by atoms with Gasteiger partial charge >= 0.3 is 23.9 Å². The smallest absolute Gasteiger partial charge is 0.323 e. The number of nitrogens with zero attached hydrogens (tertiary/aromatic N) is 7. The Kier molecular flexibility index (Phi) is 42.3. The molecule has 0 bridgehead atoms. The van der Waals surface area contributed by atoms with Crippen LogP contribution < -0.4 is 41.4 Å². The van der Waals surface area contributed by atoms with Gasteiger partial charge in [0.1, 0.15) is 23.9 Å². The van der Waals surface area contributed by atoms with Gasteiger partial charge in [-0.05, 0) is 93.8 Å². The highest BCUT2D eigenvalue weighted by Crippen LogP contribution is 2.29. The van der Waals surface area contributed by atoms with Gasteiger partial charge in [0.2, 0.25) is 33.7 Å². The van der Waals surface area contributed by atoms with Crippen molar-refractivity contribution >= 4 is 80.3 Å². The quantitative estimate of drug-likeness (QED) is 0.0251. The number of anilines is 1. The minimum absolute atomic E-state index is 0.0204. The van der Waals surface area contributed by atoms with E-state index in [1.54, 1.807) is 89.3 Å². The van der Waals surface area contributed by atoms with Crippen LogP contribution in [0.15, 0.2) is 53.8 Å². The number of hydrogen-bond donors (Lipinski definition) is 14. The number of aliphatic hydroxyl groups is 2. The standard InChI is InChI=1S/C40H58N8O10S.C32H57N7O13/c1-4-5-17-55-20-22-57-23-21-56-18-8-13-41-36(49)9-6-19-58-33-24-29(2)37(30(3)25-33)59(53,54)47-34(39(51)52)28-45-38(50)31-10-11-35-32(26-31)27-46-48(35)16-7-12-42-40-43-14-15-44-40;1-4-23-29(48)21(2)30(49)32(52-23)51-16-7-34-24(40)6-5-22(31(50)33-3)35-25(41)17-36-8-10-37(18-26(42)43)12-14-39(20-28(46)47)15-13-38(11-9-36)19-27(44)45/h10-11,14-15,24-27,34,47H,4-9,12-13,16-23,28H2,1-3H3,(H,41,49)(H,45,50)(H,51,52)(H2,42,43,44);21-23,29-30,32,48-49H,4-20H2,1-3H3,(H,33,50)(H,34,40)(H,35,41)(H,42,43)(H,44,45)(H,46,47)/t;21?,22-,23?,29?,30?,32?/m.1/s1. The van der Waals surface area contributed by atoms with E-state index in [9.17, 15) is 82.2 Å². The Morgan fingerprint density at radius 3 is 1.79 bits per heavy atom. The van der Waals surface area contributed by atoms with Crippen LogP contribution >= 0.6 is 0 Å². The molecule has 14 N–H and O–H groups in total. The van der Waals surface area contributed by atoms with E-state index in [0.29, 0.717) is 94.8 Å². The molecule has 111 heavy (non-hydrogen) atoms. The van der Waals surface area contributed by atoms with E-state index in [-0.39, 0.29) is 134 Å². The SMILES string of the molecule is CCC1OC(OCCNC(=O)CC[C@@H](NC(=O)CN2CCN(CC(=O)O)CCN(CC(=O)O)CCN(CC(=O)O)CC2)C(=O)NC)C(O)C(C)C1O.CCCCOCCOCCOCCCNC(=O)CCCOc1cc(C)c(S(=O)(=O)NC(CNC(=O)c2ccc3c(cnn3CCCNc3ncc[nH]3)c2)C(=O)O)c(C)c1. The summed E-state index contributed by atoms with van der Waals surface area (Å²) in [5.74, 6) is -6.17. The van der Waals surface area contributed by atoms with Crippen LogP contribution in [0.25, 0.3) is 10.9 Å². The fraction of sp³-hybridized carbons (Fsp3) is 0.653. The number of ether oxygens (including phenoxy) is 6. The lowest BCUT2D eigenvalue weighted by Crippen LogP contribution is -2.54. The monoisotopic (exact) mass is 1590 g/mol. The van der Waals surface area contributed by atoms with Crippen LogP contribution in [-0.4, -0.2) is 333 Å². The minimum Gasteiger partial charge on any atom is -0.494 e. The molecule has 2 aromatic carbocycles. The van der Waals surface area contributed by atoms with Gasteiger partial charge in [0.15, 0.2) is 12.2 Å². The zero-order valence-corrected chi connectivity index (χ0v) is 65.2. The van der Waals surface area contributed by atoms with Crippen molar-refractivity contribution in [3.63, 3.8) is 0 Å². The molecular formula is C72H115N15O23S. The molecule has 6 rings (SSSR count). The van der Waals surface area contributed by atoms with Crippen LogP contribution in [0, 0.1) is 19.8 Å². The van der Waals surface area contributed by atoms with Crippen LogP contribution in [0.3, 0.4) is 0 Å². The van der Waals surface area contributed by atoms with Gasteiger partial charge in [-0.2, -0.15) is 9.82 Å². The number of carbonyl (C=O) groups excluding carboxylic acids is 5. The van der Waals surface area contributed by atoms with E-state index in [4.69, 9.17) is 28.4 Å². The Morgan fingerprint density at radius 1 is 0.658 bits per heavy atom. The molecule has 0 aliphatic carbocycles. The second-order valence-corrected chi connectivity index (χ2v) is 28.5. The molecule has 39 heteroatoms. The largest absolute Gasteiger partial charge is 0.494 e. The molecule has 2 fully saturated rings. The van der Waals surface area contributed by atoms with Gasteiger partial charge in [0.05, 0.1) is 94.6 Å². The summed E-state index contributed by atoms with van der Waals surface area (Å²) in [6.07, 6.45) is 6.41. The summed E-state index contributed by atoms with van der Waals surface area (Å²) in [5.41, 5.74) is 1.77. The van der Waals surface area contributed by atoms with Crippen LogP contribution in [-0.2, 0) is 78.6 Å². The van der Waals surface area contributed by atoms with Gasteiger partial charge in [-0.15, -0.1) is 0 Å². The maximum absolute atomic E-state index is 13.5. The van der Waals surface area contributed by atoms with Crippen LogP contribution in [0.2, 0.25) is 0 Å². The molecule has 2 aliphatic heterocycles. The van der Waals surface area contributed by atoms with E-state index in [0.717, 1.165) is 36.8 Å². The first kappa shape index (κ1) is 93.0. The first-order valence-electron chi connectivity index (χ1n) is 37.5. The molecular weight excluding hydrogens is 1470 g/mol. The number of rotatable bonds is 48. The van der Waals surface area contributed by atoms with Crippen molar-refractivity contribution in [1.82, 2.24) is 70.7 Å². The van der Waals surface area contributed by atoms with Crippen molar-refractivity contribution in [1.29, 1.82) is 0 Å². The summed E-state index contributed by atoms with van der Waals surface area (Å²) in [6.45, 7) is 14.5. The number of carboxylic acids is 4. The van der Waals surface area contributed by atoms with Crippen LogP contribution in [0.1, 0.15) is 100 Å². The molecule has 7 atom stereocenters. The number of carbonyl (C=O) groups is 9. The molecule has 0 spiro atoms. The maximum Gasteiger partial charge on any atom is 0.323 e. The van der Waals surface area contributed by atoms with E-state index in [1.807, 2.05) is 11.6 Å². The molecule has 2 aromatic heterocycles. The Hall–Kier alpha value is -8.58. The third kappa shape index (κ3) is 34.9. The summed E-state index contributed by atoms with van der Waals surface area (Å²) in [7, 11) is -2.94. The van der Waals surface area contributed by atoms with Gasteiger partial charge in [-0.25, -0.2) is 13.4 Å². The zero-order valence-electron chi connectivity index (χ0n) is 64.4. The topological polar surface area (TPSA) is 508 Å². The molecule has 5 amide bonds. The summed E-state index contributed by atoms with van der Waals surface area (Å²) < 4.78 is 64.5. The number of likely N-dealkylation sites (N-methyl/N-ethyl adjacent to an activating group) is 1. The average molecular weight is 1590 g/mol. The number of amides is 5. The summed E-state index contributed by atoms with van der Waals surface area (Å²) in [5, 5.41) is 80.2. The molecule has 622 valence electrons. The van der Waals surface area contributed by atoms with Crippen molar-refractivity contribution in [2.75, 3.05) is 170 Å². The fourth-order valence-electron chi connectivity index (χ4n) is 12.0. The number of aliphatic hydroxyl groups excluding tert-OH is 2. The normalized spacial score (nSPS) is 18.2. The number of aryl methyl sites for hydroxylation is 3. The Labute approximate surface area is 646 Å². The van der Waals surface area contributed by atoms with Gasteiger partial charge < -0.3 is 95.9 Å². The number of H-pyrrole nitrogens is 1. The van der Waals surface area contributed by atoms with Gasteiger partial charge in [-0.3, -0.25) is 67.4 Å². The third-order valence-corrected chi connectivity index (χ3v) is 19.9. The number of aliphatic carboxylic acids is 4. The van der Waals surface area contributed by atoms with Gasteiger partial charge in [0, 0.05) is 147 Å². The van der Waals surface area contributed by atoms with Crippen LogP contribution in [0.5, 0.6) is 5.75 Å². The average Bonchev–Trinajstić information content (AvgIpc) is 1.75. The molecule has 2 saturated heterocycles. The molecule has 6 unspecified atom stereocenters. The number of aromatic nitrogens is 4. The first-order chi connectivity index (χ1) is 53.1. The van der Waals surface area contributed by atoms with Crippen molar-refractivity contribution in [3.05, 3.63) is 65.6 Å².